The summed E-state index contributed by atoms with van der Waals surface area (Å²) in [5.74, 6) is -1.61. The smallest absolute Gasteiger partial charge is 0.509 e. The van der Waals surface area contributed by atoms with Gasteiger partial charge in [-0.2, -0.15) is 0 Å². The van der Waals surface area contributed by atoms with E-state index in [4.69, 9.17) is 46.7 Å². The summed E-state index contributed by atoms with van der Waals surface area (Å²) in [6.45, 7) is 43.1. The van der Waals surface area contributed by atoms with E-state index in [0.717, 1.165) is 0 Å². The van der Waals surface area contributed by atoms with Gasteiger partial charge in [-0.15, -0.1) is 0 Å². The summed E-state index contributed by atoms with van der Waals surface area (Å²) < 4.78 is 57.9. The average Bonchev–Trinajstić information content (AvgIpc) is 1.81. The molecule has 4 aliphatic heterocycles. The lowest BCUT2D eigenvalue weighted by atomic mass is 9.98. The Hall–Kier alpha value is -6.92. The molecule has 2 aromatic carbocycles. The Labute approximate surface area is 522 Å². The molecule has 0 radical (unpaired) electrons. The van der Waals surface area contributed by atoms with Crippen LogP contribution in [0.1, 0.15) is 169 Å². The van der Waals surface area contributed by atoms with E-state index in [0.29, 0.717) is 47.1 Å². The van der Waals surface area contributed by atoms with Crippen LogP contribution in [0.2, 0.25) is 36.3 Å². The van der Waals surface area contributed by atoms with Crippen LogP contribution in [0.5, 0.6) is 11.5 Å². The molecular formula is C66H96N2O18Si2. The van der Waals surface area contributed by atoms with Gasteiger partial charge in [0.15, 0.2) is 18.0 Å². The van der Waals surface area contributed by atoms with E-state index in [1.54, 1.807) is 116 Å². The molecule has 0 aliphatic carbocycles. The maximum atomic E-state index is 14.0. The largest absolute Gasteiger partial charge is 0.543 e. The van der Waals surface area contributed by atoms with Crippen molar-refractivity contribution in [3.63, 3.8) is 0 Å². The number of aliphatic hydroxyl groups is 1. The number of carbonyl (C=O) groups excluding carboxylic acids is 7. The first-order chi connectivity index (χ1) is 40.5. The lowest BCUT2D eigenvalue weighted by molar-refractivity contribution is -0.122. The summed E-state index contributed by atoms with van der Waals surface area (Å²) in [5, 5.41) is 10.4. The number of fused-ring (bicyclic) bond motifs is 4. The highest BCUT2D eigenvalue weighted by molar-refractivity contribution is 6.75. The van der Waals surface area contributed by atoms with Crippen molar-refractivity contribution in [1.82, 2.24) is 0 Å². The van der Waals surface area contributed by atoms with Crippen LogP contribution in [0.3, 0.4) is 0 Å². The van der Waals surface area contributed by atoms with Crippen molar-refractivity contribution in [3.8, 4) is 11.5 Å². The molecule has 0 bridgehead atoms. The molecule has 0 aromatic heterocycles. The number of cyclic esters (lactones) is 2. The predicted molar refractivity (Wildman–Crippen MR) is 342 cm³/mol. The number of amides is 2. The highest BCUT2D eigenvalue weighted by Gasteiger charge is 2.45. The predicted octanol–water partition coefficient (Wildman–Crippen LogP) is 14.7. The topological polar surface area (TPSA) is 238 Å². The molecule has 4 heterocycles. The Morgan fingerprint density at radius 1 is 0.545 bits per heavy atom. The normalized spacial score (nSPS) is 25.3. The van der Waals surface area contributed by atoms with Gasteiger partial charge in [0.1, 0.15) is 58.2 Å². The third-order valence-corrected chi connectivity index (χ3v) is 25.0. The zero-order chi connectivity index (χ0) is 66.4. The van der Waals surface area contributed by atoms with Crippen LogP contribution < -0.4 is 18.7 Å². The first-order valence-corrected chi connectivity index (χ1v) is 36.1. The fourth-order valence-corrected chi connectivity index (χ4v) is 10.8. The van der Waals surface area contributed by atoms with E-state index in [1.807, 2.05) is 27.7 Å². The van der Waals surface area contributed by atoms with E-state index in [9.17, 15) is 38.7 Å². The van der Waals surface area contributed by atoms with Gasteiger partial charge in [-0.25, -0.2) is 28.8 Å². The average molecular weight is 1260 g/mol. The number of nitrogens with zero attached hydrogens (tertiary/aromatic N) is 2. The number of ketones is 1. The first-order valence-electron chi connectivity index (χ1n) is 30.3. The van der Waals surface area contributed by atoms with Crippen molar-refractivity contribution in [1.29, 1.82) is 0 Å². The monoisotopic (exact) mass is 1260 g/mol. The molecule has 0 unspecified atom stereocenters. The standard InChI is InChI=1S/C33H49NO9Si.C33H47NO9Si/c2*1-12-34(30(37)42-32(4,5)6)23-18-22-14-13-15-25-28(41-31(38)40-25)24(35)17-16-20(2)21(3)39-29(36)27(22)26(19-23)43-44(10,11)33(7,8)9/h13-14,16-21,24-25,28,35H,12,15H2,1-11H3;13-14,16-21,25,28H,12,15H2,1-11H3/b2*14-13+,17-16-/t20-,21+,24-,25+,28-;20-,21+,25+,28-/m11/s1. The Balaban J connectivity index is 0.000000321. The molecule has 2 fully saturated rings. The molecule has 2 aromatic rings. The minimum Gasteiger partial charge on any atom is -0.543 e. The second-order valence-electron chi connectivity index (χ2n) is 27.8. The van der Waals surface area contributed by atoms with Crippen LogP contribution in [0, 0.1) is 11.8 Å². The molecule has 4 aliphatic rings. The highest BCUT2D eigenvalue weighted by atomic mass is 28.4. The lowest BCUT2D eigenvalue weighted by Crippen LogP contribution is -2.44. The number of hydrogen-bond donors (Lipinski definition) is 1. The molecule has 20 nitrogen and oxygen atoms in total. The number of rotatable bonds is 8. The van der Waals surface area contributed by atoms with Crippen LogP contribution in [0.15, 0.2) is 60.7 Å². The van der Waals surface area contributed by atoms with Gasteiger partial charge in [0.25, 0.3) is 16.6 Å². The van der Waals surface area contributed by atoms with Crippen molar-refractivity contribution >= 4 is 82.4 Å². The maximum absolute atomic E-state index is 14.0. The molecule has 0 saturated carbocycles. The Morgan fingerprint density at radius 2 is 0.943 bits per heavy atom. The minimum absolute atomic E-state index is 0.142. The number of carbonyl (C=O) groups is 7. The first kappa shape index (κ1) is 71.8. The molecule has 2 amide bonds. The molecule has 486 valence electrons. The van der Waals surface area contributed by atoms with Crippen LogP contribution in [-0.2, 0) is 42.7 Å². The van der Waals surface area contributed by atoms with Crippen molar-refractivity contribution in [3.05, 3.63) is 83.0 Å². The van der Waals surface area contributed by atoms with Crippen LogP contribution in [-0.4, -0.2) is 131 Å². The van der Waals surface area contributed by atoms with Crippen LogP contribution in [0.4, 0.5) is 30.6 Å². The van der Waals surface area contributed by atoms with Crippen LogP contribution >= 0.6 is 0 Å². The molecule has 0 spiro atoms. The fourth-order valence-electron chi connectivity index (χ4n) is 8.80. The fraction of sp³-hybridized carbons (Fsp3) is 0.591. The molecule has 22 heteroatoms. The summed E-state index contributed by atoms with van der Waals surface area (Å²) in [5.41, 5.74) is 0.849. The second kappa shape index (κ2) is 28.3. The molecule has 9 atom stereocenters. The van der Waals surface area contributed by atoms with Gasteiger partial charge >= 0.3 is 36.4 Å². The van der Waals surface area contributed by atoms with Gasteiger partial charge in [-0.1, -0.05) is 97.9 Å². The SMILES string of the molecule is CCN(C(=O)OC(C)(C)C)c1cc2c(c(O[Si](C)(C)C(C)(C)C)c1)C(=O)O[C@@H](C)[C@H](C)/C=C\C(=O)[C@H]1OC(=O)O[C@H]1C/C=C/2.CCN(C(=O)OC(C)(C)C)c1cc2c(c(O[Si](C)(C)C(C)(C)C)c1)C(=O)O[C@@H](C)[C@H](C)/C=C\[C@@H](O)[C@H]1OC(=O)O[C@H]1C/C=C/2. The van der Waals surface area contributed by atoms with Gasteiger partial charge in [-0.3, -0.25) is 14.6 Å². The van der Waals surface area contributed by atoms with Crippen LogP contribution in [0.25, 0.3) is 12.2 Å². The van der Waals surface area contributed by atoms with Gasteiger partial charge in [-0.05, 0) is 135 Å². The van der Waals surface area contributed by atoms with Gasteiger partial charge in [0.05, 0.1) is 11.4 Å². The van der Waals surface area contributed by atoms with Gasteiger partial charge in [0.2, 0.25) is 6.10 Å². The van der Waals surface area contributed by atoms with E-state index in [-0.39, 0.29) is 45.9 Å². The lowest BCUT2D eigenvalue weighted by Gasteiger charge is -2.37. The van der Waals surface area contributed by atoms with Gasteiger partial charge < -0.3 is 51.9 Å². The number of aliphatic hydroxyl groups excluding tert-OH is 1. The number of hydrogen-bond acceptors (Lipinski definition) is 18. The summed E-state index contributed by atoms with van der Waals surface area (Å²) in [6.07, 6.45) is 4.68. The van der Waals surface area contributed by atoms with Crippen molar-refractivity contribution in [2.24, 2.45) is 11.8 Å². The van der Waals surface area contributed by atoms with Crippen molar-refractivity contribution in [2.45, 2.75) is 228 Å². The number of ether oxygens (including phenoxy) is 8. The Kier molecular flexibility index (Phi) is 23.1. The van der Waals surface area contributed by atoms with E-state index >= 15 is 0 Å². The highest BCUT2D eigenvalue weighted by Crippen LogP contribution is 2.44. The van der Waals surface area contributed by atoms with Crippen molar-refractivity contribution < 1.29 is 85.4 Å². The molecular weight excluding hydrogens is 1160 g/mol. The van der Waals surface area contributed by atoms with Crippen molar-refractivity contribution in [2.75, 3.05) is 22.9 Å². The number of esters is 2. The van der Waals surface area contributed by atoms with Gasteiger partial charge in [0, 0.05) is 49.9 Å². The summed E-state index contributed by atoms with van der Waals surface area (Å²) in [7, 11) is -5.00. The zero-order valence-electron chi connectivity index (χ0n) is 55.7. The Bertz CT molecular complexity index is 3030. The number of anilines is 2. The molecule has 1 N–H and O–H groups in total. The van der Waals surface area contributed by atoms with E-state index < -0.39 is 113 Å². The third kappa shape index (κ3) is 18.6. The minimum atomic E-state index is -2.50. The second-order valence-corrected chi connectivity index (χ2v) is 37.2. The maximum Gasteiger partial charge on any atom is 0.509 e. The zero-order valence-corrected chi connectivity index (χ0v) is 57.7. The van der Waals surface area contributed by atoms with E-state index in [2.05, 4.69) is 67.7 Å². The molecule has 6 rings (SSSR count). The summed E-state index contributed by atoms with van der Waals surface area (Å²) in [4.78, 5) is 94.3. The third-order valence-electron chi connectivity index (χ3n) is 16.3. The quantitative estimate of drug-likeness (QED) is 0.112. The summed E-state index contributed by atoms with van der Waals surface area (Å²) in [6, 6.07) is 6.83. The number of benzene rings is 2. The Morgan fingerprint density at radius 3 is 1.35 bits per heavy atom. The molecule has 88 heavy (non-hydrogen) atoms. The molecule has 2 saturated heterocycles. The van der Waals surface area contributed by atoms with E-state index in [1.165, 1.54) is 22.0 Å². The summed E-state index contributed by atoms with van der Waals surface area (Å²) >= 11 is 0.